The van der Waals surface area contributed by atoms with Crippen LogP contribution in [-0.2, 0) is 4.74 Å². The highest BCUT2D eigenvalue weighted by Crippen LogP contribution is 2.35. The highest BCUT2D eigenvalue weighted by molar-refractivity contribution is 5.95. The molecule has 2 saturated heterocycles. The SMILES string of the molecule is Cc1cccc(C)c1-n1ncc(C(=O)N2CCN(c3ccc(F)cc3)CC2)c1C1CCN(C(=O)OC(C)(C)C)CC1. The number of aromatic nitrogens is 2. The summed E-state index contributed by atoms with van der Waals surface area (Å²) >= 11 is 0. The number of halogens is 1. The predicted octanol–water partition coefficient (Wildman–Crippen LogP) is 5.71. The zero-order valence-corrected chi connectivity index (χ0v) is 24.7. The summed E-state index contributed by atoms with van der Waals surface area (Å²) in [5.74, 6) is -0.214. The standard InChI is InChI=1S/C32H40FN5O3/c1-22-7-6-8-23(2)28(22)38-29(24-13-15-37(16-14-24)31(40)41-32(3,4)5)27(21-34-38)30(39)36-19-17-35(18-20-36)26-11-9-25(33)10-12-26/h6-12,21,24H,13-20H2,1-5H3. The van der Waals surface area contributed by atoms with Crippen molar-refractivity contribution < 1.29 is 18.7 Å². The van der Waals surface area contributed by atoms with Crippen molar-refractivity contribution in [1.82, 2.24) is 19.6 Å². The van der Waals surface area contributed by atoms with Crippen LogP contribution in [0.2, 0.25) is 0 Å². The van der Waals surface area contributed by atoms with Gasteiger partial charge in [-0.05, 0) is 82.9 Å². The van der Waals surface area contributed by atoms with E-state index in [0.717, 1.165) is 28.2 Å². The van der Waals surface area contributed by atoms with Crippen LogP contribution < -0.4 is 4.90 Å². The Hall–Kier alpha value is -3.88. The lowest BCUT2D eigenvalue weighted by molar-refractivity contribution is 0.0203. The number of aryl methyl sites for hydroxylation is 2. The summed E-state index contributed by atoms with van der Waals surface area (Å²) in [5.41, 5.74) is 5.13. The van der Waals surface area contributed by atoms with Gasteiger partial charge >= 0.3 is 6.09 Å². The van der Waals surface area contributed by atoms with Gasteiger partial charge in [0.1, 0.15) is 11.4 Å². The smallest absolute Gasteiger partial charge is 0.410 e. The molecule has 0 saturated carbocycles. The third-order valence-corrected chi connectivity index (χ3v) is 7.98. The van der Waals surface area contributed by atoms with E-state index in [9.17, 15) is 14.0 Å². The van der Waals surface area contributed by atoms with E-state index in [2.05, 4.69) is 30.9 Å². The number of nitrogens with zero attached hydrogens (tertiary/aromatic N) is 5. The maximum absolute atomic E-state index is 14.0. The second kappa shape index (κ2) is 11.5. The third kappa shape index (κ3) is 6.24. The first kappa shape index (κ1) is 28.6. The Labute approximate surface area is 241 Å². The van der Waals surface area contributed by atoms with Gasteiger partial charge < -0.3 is 19.4 Å². The van der Waals surface area contributed by atoms with Gasteiger partial charge in [0.25, 0.3) is 5.91 Å². The van der Waals surface area contributed by atoms with Gasteiger partial charge in [0, 0.05) is 50.9 Å². The summed E-state index contributed by atoms with van der Waals surface area (Å²) in [6.45, 7) is 13.3. The topological polar surface area (TPSA) is 70.9 Å². The van der Waals surface area contributed by atoms with E-state index < -0.39 is 5.60 Å². The number of benzene rings is 2. The summed E-state index contributed by atoms with van der Waals surface area (Å²) in [6.07, 6.45) is 2.86. The van der Waals surface area contributed by atoms with Crippen LogP contribution in [0.25, 0.3) is 5.69 Å². The van der Waals surface area contributed by atoms with Crippen molar-refractivity contribution in [2.75, 3.05) is 44.2 Å². The summed E-state index contributed by atoms with van der Waals surface area (Å²) in [6, 6.07) is 12.7. The molecule has 8 nitrogen and oxygen atoms in total. The average molecular weight is 562 g/mol. The number of rotatable bonds is 4. The third-order valence-electron chi connectivity index (χ3n) is 7.98. The number of piperidine rings is 1. The molecule has 0 aliphatic carbocycles. The minimum atomic E-state index is -0.546. The van der Waals surface area contributed by atoms with Crippen molar-refractivity contribution in [3.63, 3.8) is 0 Å². The van der Waals surface area contributed by atoms with Crippen LogP contribution in [0.15, 0.2) is 48.7 Å². The Morgan fingerprint density at radius 2 is 1.49 bits per heavy atom. The predicted molar refractivity (Wildman–Crippen MR) is 157 cm³/mol. The molecule has 9 heteroatoms. The Balaban J connectivity index is 1.39. The van der Waals surface area contributed by atoms with Crippen LogP contribution in [0, 0.1) is 19.7 Å². The molecule has 2 aromatic carbocycles. The maximum Gasteiger partial charge on any atom is 0.410 e. The normalized spacial score (nSPS) is 16.7. The summed E-state index contributed by atoms with van der Waals surface area (Å²) in [7, 11) is 0. The molecule has 3 heterocycles. The van der Waals surface area contributed by atoms with Crippen LogP contribution >= 0.6 is 0 Å². The second-order valence-electron chi connectivity index (χ2n) is 12.1. The Morgan fingerprint density at radius 1 is 0.878 bits per heavy atom. The number of hydrogen-bond acceptors (Lipinski definition) is 5. The quantitative estimate of drug-likeness (QED) is 0.408. The number of piperazine rings is 1. The molecule has 0 unspecified atom stereocenters. The molecule has 41 heavy (non-hydrogen) atoms. The molecule has 218 valence electrons. The number of carbonyl (C=O) groups excluding carboxylic acids is 2. The number of para-hydroxylation sites is 1. The molecular weight excluding hydrogens is 521 g/mol. The Kier molecular flexibility index (Phi) is 8.07. The first-order chi connectivity index (χ1) is 19.5. The van der Waals surface area contributed by atoms with E-state index in [-0.39, 0.29) is 23.7 Å². The van der Waals surface area contributed by atoms with Gasteiger partial charge in [0.15, 0.2) is 0 Å². The fourth-order valence-electron chi connectivity index (χ4n) is 5.89. The summed E-state index contributed by atoms with van der Waals surface area (Å²) in [4.78, 5) is 32.6. The van der Waals surface area contributed by atoms with E-state index >= 15 is 0 Å². The van der Waals surface area contributed by atoms with Gasteiger partial charge in [-0.25, -0.2) is 13.9 Å². The molecule has 0 spiro atoms. The van der Waals surface area contributed by atoms with Crippen LogP contribution in [0.4, 0.5) is 14.9 Å². The fourth-order valence-corrected chi connectivity index (χ4v) is 5.89. The van der Waals surface area contributed by atoms with E-state index in [1.54, 1.807) is 23.2 Å². The number of anilines is 1. The molecule has 2 fully saturated rings. The zero-order chi connectivity index (χ0) is 29.3. The molecule has 2 amide bonds. The minimum Gasteiger partial charge on any atom is -0.444 e. The molecule has 2 aliphatic rings. The van der Waals surface area contributed by atoms with Crippen molar-refractivity contribution in [3.05, 3.63) is 76.9 Å². The first-order valence-electron chi connectivity index (χ1n) is 14.4. The Bertz CT molecular complexity index is 1380. The lowest BCUT2D eigenvalue weighted by Crippen LogP contribution is -2.49. The number of carbonyl (C=O) groups is 2. The van der Waals surface area contributed by atoms with E-state index in [4.69, 9.17) is 9.84 Å². The van der Waals surface area contributed by atoms with Gasteiger partial charge in [-0.2, -0.15) is 5.10 Å². The van der Waals surface area contributed by atoms with Gasteiger partial charge in [0.2, 0.25) is 0 Å². The van der Waals surface area contributed by atoms with E-state index in [1.807, 2.05) is 36.4 Å². The number of hydrogen-bond donors (Lipinski definition) is 0. The van der Waals surface area contributed by atoms with Crippen molar-refractivity contribution in [2.24, 2.45) is 0 Å². The fraction of sp³-hybridized carbons (Fsp3) is 0.469. The molecule has 0 atom stereocenters. The molecule has 0 bridgehead atoms. The molecule has 2 aliphatic heterocycles. The zero-order valence-electron chi connectivity index (χ0n) is 24.7. The van der Waals surface area contributed by atoms with Gasteiger partial charge in [0.05, 0.1) is 23.1 Å². The molecule has 0 radical (unpaired) electrons. The lowest BCUT2D eigenvalue weighted by atomic mass is 9.90. The van der Waals surface area contributed by atoms with Crippen molar-refractivity contribution >= 4 is 17.7 Å². The van der Waals surface area contributed by atoms with Gasteiger partial charge in [-0.3, -0.25) is 4.79 Å². The van der Waals surface area contributed by atoms with Crippen LogP contribution in [-0.4, -0.2) is 76.5 Å². The van der Waals surface area contributed by atoms with E-state index in [0.29, 0.717) is 57.7 Å². The summed E-state index contributed by atoms with van der Waals surface area (Å²) in [5, 5.41) is 4.79. The van der Waals surface area contributed by atoms with Crippen LogP contribution in [0.3, 0.4) is 0 Å². The average Bonchev–Trinajstić information content (AvgIpc) is 3.37. The number of ether oxygens (including phenoxy) is 1. The lowest BCUT2D eigenvalue weighted by Gasteiger charge is -2.37. The van der Waals surface area contributed by atoms with Gasteiger partial charge in [-0.1, -0.05) is 18.2 Å². The minimum absolute atomic E-state index is 0.0224. The van der Waals surface area contributed by atoms with Crippen molar-refractivity contribution in [2.45, 2.75) is 59.0 Å². The van der Waals surface area contributed by atoms with Crippen LogP contribution in [0.5, 0.6) is 0 Å². The highest BCUT2D eigenvalue weighted by Gasteiger charge is 2.34. The second-order valence-corrected chi connectivity index (χ2v) is 12.1. The number of amides is 2. The highest BCUT2D eigenvalue weighted by atomic mass is 19.1. The number of likely N-dealkylation sites (tertiary alicyclic amines) is 1. The largest absolute Gasteiger partial charge is 0.444 e. The first-order valence-corrected chi connectivity index (χ1v) is 14.4. The molecule has 0 N–H and O–H groups in total. The van der Waals surface area contributed by atoms with Crippen LogP contribution in [0.1, 0.15) is 66.7 Å². The Morgan fingerprint density at radius 3 is 2.07 bits per heavy atom. The monoisotopic (exact) mass is 561 g/mol. The molecule has 5 rings (SSSR count). The van der Waals surface area contributed by atoms with E-state index in [1.165, 1.54) is 12.1 Å². The van der Waals surface area contributed by atoms with Gasteiger partial charge in [-0.15, -0.1) is 0 Å². The molecular formula is C32H40FN5O3. The molecule has 1 aromatic heterocycles. The molecule has 3 aromatic rings. The van der Waals surface area contributed by atoms with Crippen molar-refractivity contribution in [1.29, 1.82) is 0 Å². The maximum atomic E-state index is 14.0. The van der Waals surface area contributed by atoms with Crippen molar-refractivity contribution in [3.8, 4) is 5.69 Å². The summed E-state index contributed by atoms with van der Waals surface area (Å²) < 4.78 is 21.0.